The molecule has 30 heavy (non-hydrogen) atoms. The molecule has 3 rings (SSSR count). The summed E-state index contributed by atoms with van der Waals surface area (Å²) in [6, 6.07) is 6.51. The first-order valence-corrected chi connectivity index (χ1v) is 9.80. The number of benzene rings is 1. The molecule has 8 heteroatoms. The number of aromatic amines is 1. The number of ether oxygens (including phenoxy) is 2. The lowest BCUT2D eigenvalue weighted by molar-refractivity contribution is -0.117. The molecule has 0 atom stereocenters. The number of esters is 2. The van der Waals surface area contributed by atoms with Crippen LogP contribution in [0.15, 0.2) is 24.3 Å². The summed E-state index contributed by atoms with van der Waals surface area (Å²) in [5.74, 6) is -1.52. The number of nitrogens with one attached hydrogen (secondary N) is 1. The Morgan fingerprint density at radius 2 is 1.77 bits per heavy atom. The first-order valence-electron chi connectivity index (χ1n) is 9.80. The van der Waals surface area contributed by atoms with E-state index in [0.29, 0.717) is 29.8 Å². The van der Waals surface area contributed by atoms with E-state index in [0.717, 1.165) is 12.1 Å². The van der Waals surface area contributed by atoms with E-state index >= 15 is 0 Å². The Morgan fingerprint density at radius 3 is 2.37 bits per heavy atom. The van der Waals surface area contributed by atoms with Crippen molar-refractivity contribution in [3.05, 3.63) is 52.3 Å². The number of hydrogen-bond acceptors (Lipinski definition) is 6. The van der Waals surface area contributed by atoms with E-state index in [1.54, 1.807) is 49.9 Å². The molecule has 8 nitrogen and oxygen atoms in total. The summed E-state index contributed by atoms with van der Waals surface area (Å²) in [6.45, 7) is 5.45. The second-order valence-corrected chi connectivity index (χ2v) is 7.04. The van der Waals surface area contributed by atoms with E-state index in [2.05, 4.69) is 4.98 Å². The maximum atomic E-state index is 12.6. The van der Waals surface area contributed by atoms with Crippen molar-refractivity contribution >= 4 is 29.3 Å². The number of hydrogen-bond donors (Lipinski definition) is 1. The third-order valence-electron chi connectivity index (χ3n) is 5.02. The Morgan fingerprint density at radius 1 is 1.07 bits per heavy atom. The summed E-state index contributed by atoms with van der Waals surface area (Å²) < 4.78 is 10.1. The molecule has 0 unspecified atom stereocenters. The highest BCUT2D eigenvalue weighted by molar-refractivity contribution is 6.04. The van der Waals surface area contributed by atoms with Crippen LogP contribution in [0.2, 0.25) is 0 Å². The van der Waals surface area contributed by atoms with Crippen LogP contribution >= 0.6 is 0 Å². The van der Waals surface area contributed by atoms with Gasteiger partial charge in [0.05, 0.1) is 12.2 Å². The van der Waals surface area contributed by atoms with Gasteiger partial charge in [-0.05, 0) is 57.0 Å². The number of anilines is 1. The predicted octanol–water partition coefficient (Wildman–Crippen LogP) is 2.97. The summed E-state index contributed by atoms with van der Waals surface area (Å²) in [6.07, 6.45) is 1.35. The van der Waals surface area contributed by atoms with Crippen LogP contribution in [0.3, 0.4) is 0 Å². The van der Waals surface area contributed by atoms with E-state index in [-0.39, 0.29) is 23.8 Å². The van der Waals surface area contributed by atoms with Gasteiger partial charge in [0.2, 0.25) is 11.7 Å². The Hall–Kier alpha value is -3.42. The van der Waals surface area contributed by atoms with Gasteiger partial charge in [-0.15, -0.1) is 0 Å². The van der Waals surface area contributed by atoms with Gasteiger partial charge in [0.1, 0.15) is 5.69 Å². The maximum Gasteiger partial charge on any atom is 0.355 e. The topological polar surface area (TPSA) is 106 Å². The molecular weight excluding hydrogens is 388 g/mol. The molecule has 0 spiro atoms. The van der Waals surface area contributed by atoms with Crippen molar-refractivity contribution in [2.75, 3.05) is 24.7 Å². The highest BCUT2D eigenvalue weighted by Crippen LogP contribution is 2.22. The third-order valence-corrected chi connectivity index (χ3v) is 5.02. The molecule has 0 bridgehead atoms. The molecule has 1 N–H and O–H groups in total. The van der Waals surface area contributed by atoms with E-state index < -0.39 is 24.3 Å². The predicted molar refractivity (Wildman–Crippen MR) is 109 cm³/mol. The summed E-state index contributed by atoms with van der Waals surface area (Å²) in [5, 5.41) is 0. The Bertz CT molecular complexity index is 990. The molecule has 1 aliphatic rings. The summed E-state index contributed by atoms with van der Waals surface area (Å²) in [7, 11) is 0. The third kappa shape index (κ3) is 4.27. The number of aromatic nitrogens is 1. The van der Waals surface area contributed by atoms with Crippen molar-refractivity contribution < 1.29 is 28.7 Å². The van der Waals surface area contributed by atoms with Crippen molar-refractivity contribution in [3.8, 4) is 0 Å². The fraction of sp³-hybridized carbons (Fsp3) is 0.364. The zero-order chi connectivity index (χ0) is 21.8. The molecule has 0 aliphatic carbocycles. The van der Waals surface area contributed by atoms with Gasteiger partial charge in [-0.2, -0.15) is 0 Å². The van der Waals surface area contributed by atoms with Crippen LogP contribution in [0.5, 0.6) is 0 Å². The molecule has 1 amide bonds. The van der Waals surface area contributed by atoms with E-state index in [1.165, 1.54) is 0 Å². The molecule has 1 aliphatic heterocycles. The standard InChI is InChI=1S/C22H24N2O6/c1-4-29-22(28)20-13(2)19(14(3)23-20)17(25)12-30-21(27)15-7-9-16(10-8-15)24-11-5-6-18(24)26/h7-10,23H,4-6,11-12H2,1-3H3. The fourth-order valence-corrected chi connectivity index (χ4v) is 3.56. The van der Waals surface area contributed by atoms with E-state index in [4.69, 9.17) is 9.47 Å². The van der Waals surface area contributed by atoms with E-state index in [1.807, 2.05) is 0 Å². The molecule has 1 saturated heterocycles. The van der Waals surface area contributed by atoms with Gasteiger partial charge >= 0.3 is 11.9 Å². The van der Waals surface area contributed by atoms with Gasteiger partial charge in [0.15, 0.2) is 6.61 Å². The smallest absolute Gasteiger partial charge is 0.355 e. The number of carbonyl (C=O) groups is 4. The van der Waals surface area contributed by atoms with Crippen molar-refractivity contribution in [2.45, 2.75) is 33.6 Å². The Labute approximate surface area is 174 Å². The molecule has 2 aromatic rings. The summed E-state index contributed by atoms with van der Waals surface area (Å²) in [5.41, 5.74) is 2.52. The number of ketones is 1. The first-order chi connectivity index (χ1) is 14.3. The number of amides is 1. The molecule has 2 heterocycles. The number of H-pyrrole nitrogens is 1. The van der Waals surface area contributed by atoms with Crippen molar-refractivity contribution in [1.29, 1.82) is 0 Å². The van der Waals surface area contributed by atoms with Crippen LogP contribution in [-0.4, -0.2) is 48.4 Å². The van der Waals surface area contributed by atoms with Crippen LogP contribution in [0.4, 0.5) is 5.69 Å². The highest BCUT2D eigenvalue weighted by atomic mass is 16.5. The molecular formula is C22H24N2O6. The molecule has 158 valence electrons. The molecule has 1 fully saturated rings. The minimum atomic E-state index is -0.640. The van der Waals surface area contributed by atoms with Crippen molar-refractivity contribution in [1.82, 2.24) is 4.98 Å². The van der Waals surface area contributed by atoms with Crippen molar-refractivity contribution in [2.24, 2.45) is 0 Å². The van der Waals surface area contributed by atoms with Crippen LogP contribution < -0.4 is 4.90 Å². The minimum Gasteiger partial charge on any atom is -0.461 e. The first kappa shape index (κ1) is 21.3. The lowest BCUT2D eigenvalue weighted by atomic mass is 10.1. The minimum absolute atomic E-state index is 0.0651. The summed E-state index contributed by atoms with van der Waals surface area (Å²) >= 11 is 0. The second-order valence-electron chi connectivity index (χ2n) is 7.04. The zero-order valence-electron chi connectivity index (χ0n) is 17.2. The average Bonchev–Trinajstić information content (AvgIpc) is 3.28. The highest BCUT2D eigenvalue weighted by Gasteiger charge is 2.24. The van der Waals surface area contributed by atoms with Gasteiger partial charge in [-0.3, -0.25) is 9.59 Å². The number of aryl methyl sites for hydroxylation is 1. The lowest BCUT2D eigenvalue weighted by Gasteiger charge is -2.15. The quantitative estimate of drug-likeness (QED) is 0.554. The Kier molecular flexibility index (Phi) is 6.34. The van der Waals surface area contributed by atoms with Gasteiger partial charge in [-0.1, -0.05) is 0 Å². The molecule has 1 aromatic carbocycles. The normalized spacial score (nSPS) is 13.4. The molecule has 0 radical (unpaired) electrons. The van der Waals surface area contributed by atoms with Crippen molar-refractivity contribution in [3.63, 3.8) is 0 Å². The Balaban J connectivity index is 1.64. The molecule has 1 aromatic heterocycles. The van der Waals surface area contributed by atoms with Gasteiger partial charge < -0.3 is 19.4 Å². The molecule has 0 saturated carbocycles. The SMILES string of the molecule is CCOC(=O)c1[nH]c(C)c(C(=O)COC(=O)c2ccc(N3CCCC3=O)cc2)c1C. The number of rotatable bonds is 7. The number of Topliss-reactive ketones (excluding diaryl/α,β-unsaturated/α-hetero) is 1. The van der Waals surface area contributed by atoms with Crippen LogP contribution in [0.25, 0.3) is 0 Å². The maximum absolute atomic E-state index is 12.6. The summed E-state index contributed by atoms with van der Waals surface area (Å²) in [4.78, 5) is 53.2. The van der Waals surface area contributed by atoms with Crippen LogP contribution in [0, 0.1) is 13.8 Å². The zero-order valence-corrected chi connectivity index (χ0v) is 17.2. The van der Waals surface area contributed by atoms with Gasteiger partial charge in [0, 0.05) is 29.9 Å². The average molecular weight is 412 g/mol. The monoisotopic (exact) mass is 412 g/mol. The fourth-order valence-electron chi connectivity index (χ4n) is 3.56. The number of nitrogens with zero attached hydrogens (tertiary/aromatic N) is 1. The largest absolute Gasteiger partial charge is 0.461 e. The lowest BCUT2D eigenvalue weighted by Crippen LogP contribution is -2.23. The second kappa shape index (κ2) is 8.94. The van der Waals surface area contributed by atoms with E-state index in [9.17, 15) is 19.2 Å². The number of carbonyl (C=O) groups excluding carboxylic acids is 4. The van der Waals surface area contributed by atoms with Crippen LogP contribution in [0.1, 0.15) is 62.2 Å². The van der Waals surface area contributed by atoms with Crippen LogP contribution in [-0.2, 0) is 14.3 Å². The van der Waals surface area contributed by atoms with Gasteiger partial charge in [-0.25, -0.2) is 9.59 Å². The van der Waals surface area contributed by atoms with Gasteiger partial charge in [0.25, 0.3) is 0 Å².